The van der Waals surface area contributed by atoms with E-state index in [1.54, 1.807) is 0 Å². The number of rotatable bonds is 1. The Hall–Kier alpha value is -2.05. The minimum absolute atomic E-state index is 0.393. The first kappa shape index (κ1) is 18.3. The summed E-state index contributed by atoms with van der Waals surface area (Å²) in [4.78, 5) is 0. The van der Waals surface area contributed by atoms with Crippen molar-refractivity contribution in [1.82, 2.24) is 4.57 Å². The van der Waals surface area contributed by atoms with E-state index >= 15 is 0 Å². The molecule has 0 unspecified atom stereocenters. The van der Waals surface area contributed by atoms with Crippen LogP contribution in [0.25, 0.3) is 5.69 Å². The second-order valence-corrected chi connectivity index (χ2v) is 5.38. The fourth-order valence-corrected chi connectivity index (χ4v) is 2.72. The lowest BCUT2D eigenvalue weighted by Crippen LogP contribution is -2.11. The largest absolute Gasteiger partial charge is 0.421 e. The number of nitrogens with zero attached hydrogens (tertiary/aromatic N) is 2. The van der Waals surface area contributed by atoms with E-state index in [1.807, 2.05) is 0 Å². The Morgan fingerprint density at radius 1 is 1.00 bits per heavy atom. The van der Waals surface area contributed by atoms with Gasteiger partial charge < -0.3 is 5.73 Å². The molecule has 1 heterocycles. The van der Waals surface area contributed by atoms with Crippen molar-refractivity contribution >= 4 is 29.0 Å². The van der Waals surface area contributed by atoms with Gasteiger partial charge in [-0.15, -0.1) is 0 Å². The number of hydrogen-bond acceptors (Lipinski definition) is 2. The van der Waals surface area contributed by atoms with Gasteiger partial charge in [-0.25, -0.2) is 0 Å². The number of anilines is 1. The van der Waals surface area contributed by atoms with Crippen LogP contribution in [0.1, 0.15) is 16.7 Å². The van der Waals surface area contributed by atoms with Crippen LogP contribution in [0.2, 0.25) is 10.0 Å². The lowest BCUT2D eigenvalue weighted by atomic mass is 10.2. The fraction of sp³-hybridized carbons (Fsp3) is 0.154. The van der Waals surface area contributed by atoms with Crippen molar-refractivity contribution in [2.45, 2.75) is 12.4 Å². The molecule has 24 heavy (non-hydrogen) atoms. The van der Waals surface area contributed by atoms with Gasteiger partial charge >= 0.3 is 12.4 Å². The molecule has 2 rings (SSSR count). The van der Waals surface area contributed by atoms with Crippen LogP contribution in [0.3, 0.4) is 0 Å². The molecule has 0 aliphatic carbocycles. The molecule has 0 fully saturated rings. The molecule has 0 aliphatic rings. The van der Waals surface area contributed by atoms with Gasteiger partial charge in [0.25, 0.3) is 0 Å². The first-order valence-corrected chi connectivity index (χ1v) is 6.68. The molecule has 0 radical (unpaired) electrons. The predicted molar refractivity (Wildman–Crippen MR) is 74.9 cm³/mol. The molecule has 2 aromatic rings. The van der Waals surface area contributed by atoms with E-state index in [9.17, 15) is 26.3 Å². The Morgan fingerprint density at radius 2 is 1.50 bits per heavy atom. The van der Waals surface area contributed by atoms with Gasteiger partial charge in [-0.2, -0.15) is 31.6 Å². The highest BCUT2D eigenvalue weighted by molar-refractivity contribution is 6.38. The lowest BCUT2D eigenvalue weighted by Gasteiger charge is -2.15. The van der Waals surface area contributed by atoms with Crippen LogP contribution in [0, 0.1) is 11.3 Å². The van der Waals surface area contributed by atoms with Crippen molar-refractivity contribution in [3.8, 4) is 11.8 Å². The number of benzene rings is 1. The highest BCUT2D eigenvalue weighted by Gasteiger charge is 2.39. The van der Waals surface area contributed by atoms with Crippen molar-refractivity contribution in [2.75, 3.05) is 5.73 Å². The summed E-state index contributed by atoms with van der Waals surface area (Å²) in [6.07, 6.45) is -8.98. The highest BCUT2D eigenvalue weighted by Crippen LogP contribution is 2.42. The van der Waals surface area contributed by atoms with E-state index in [1.165, 1.54) is 6.07 Å². The summed E-state index contributed by atoms with van der Waals surface area (Å²) < 4.78 is 77.7. The summed E-state index contributed by atoms with van der Waals surface area (Å²) in [5, 5.41) is 7.67. The lowest BCUT2D eigenvalue weighted by molar-refractivity contribution is -0.138. The zero-order chi connectivity index (χ0) is 18.4. The second-order valence-electron chi connectivity index (χ2n) is 4.57. The minimum atomic E-state index is -4.94. The Kier molecular flexibility index (Phi) is 4.41. The number of nitriles is 1. The third-order valence-corrected chi connectivity index (χ3v) is 3.61. The second kappa shape index (κ2) is 5.79. The molecule has 3 nitrogen and oxygen atoms in total. The minimum Gasteiger partial charge on any atom is -0.384 e. The number of aromatic nitrogens is 1. The smallest absolute Gasteiger partial charge is 0.384 e. The number of alkyl halides is 6. The molecule has 0 aliphatic heterocycles. The molecule has 0 spiro atoms. The SMILES string of the molecule is N#Cc1cn(-c2c(Cl)cc(C(F)(F)F)cc2Cl)c(N)c1C(F)(F)F. The van der Waals surface area contributed by atoms with Crippen LogP contribution >= 0.6 is 23.2 Å². The number of nitrogens with two attached hydrogens (primary N) is 1. The van der Waals surface area contributed by atoms with Crippen LogP contribution < -0.4 is 5.73 Å². The van der Waals surface area contributed by atoms with Gasteiger partial charge in [-0.05, 0) is 12.1 Å². The molecule has 0 saturated carbocycles. The quantitative estimate of drug-likeness (QED) is 0.677. The molecule has 0 atom stereocenters. The Morgan fingerprint density at radius 3 is 1.83 bits per heavy atom. The standard InChI is InChI=1S/C13H5Cl2F6N3/c14-7-1-6(12(16,17)18)2-8(15)10(7)24-4-5(3-22)9(11(24)23)13(19,20)21/h1-2,4H,23H2. The third-order valence-electron chi connectivity index (χ3n) is 3.03. The molecule has 128 valence electrons. The van der Waals surface area contributed by atoms with E-state index < -0.39 is 50.6 Å². The van der Waals surface area contributed by atoms with Crippen LogP contribution in [-0.2, 0) is 12.4 Å². The maximum atomic E-state index is 13.0. The van der Waals surface area contributed by atoms with Gasteiger partial charge in [-0.3, -0.25) is 4.57 Å². The Bertz CT molecular complexity index is 822. The molecule has 0 saturated heterocycles. The van der Waals surface area contributed by atoms with E-state index in [0.29, 0.717) is 22.9 Å². The average Bonchev–Trinajstić information content (AvgIpc) is 2.74. The van der Waals surface area contributed by atoms with Crippen molar-refractivity contribution in [1.29, 1.82) is 5.26 Å². The van der Waals surface area contributed by atoms with Gasteiger partial charge in [0.2, 0.25) is 0 Å². The molecular formula is C13H5Cl2F6N3. The molecule has 1 aromatic heterocycles. The van der Waals surface area contributed by atoms with E-state index in [2.05, 4.69) is 0 Å². The van der Waals surface area contributed by atoms with Gasteiger partial charge in [-0.1, -0.05) is 23.2 Å². The summed E-state index contributed by atoms with van der Waals surface area (Å²) in [5.41, 5.74) is 1.61. The zero-order valence-corrected chi connectivity index (χ0v) is 12.7. The molecule has 1 aromatic carbocycles. The van der Waals surface area contributed by atoms with E-state index in [0.717, 1.165) is 0 Å². The highest BCUT2D eigenvalue weighted by atomic mass is 35.5. The van der Waals surface area contributed by atoms with Crippen molar-refractivity contribution in [3.05, 3.63) is 45.1 Å². The predicted octanol–water partition coefficient (Wildman–Crippen LogP) is 5.28. The maximum absolute atomic E-state index is 13.0. The van der Waals surface area contributed by atoms with E-state index in [4.69, 9.17) is 34.2 Å². The van der Waals surface area contributed by atoms with Gasteiger partial charge in [0, 0.05) is 6.20 Å². The number of nitrogen functional groups attached to an aromatic ring is 1. The van der Waals surface area contributed by atoms with Crippen LogP contribution in [-0.4, -0.2) is 4.57 Å². The van der Waals surface area contributed by atoms with Crippen molar-refractivity contribution in [3.63, 3.8) is 0 Å². The van der Waals surface area contributed by atoms with Gasteiger partial charge in [0.1, 0.15) is 17.5 Å². The van der Waals surface area contributed by atoms with Crippen LogP contribution in [0.15, 0.2) is 18.3 Å². The number of hydrogen-bond donors (Lipinski definition) is 1. The van der Waals surface area contributed by atoms with Gasteiger partial charge in [0.15, 0.2) is 0 Å². The van der Waals surface area contributed by atoms with Gasteiger partial charge in [0.05, 0.1) is 26.9 Å². The van der Waals surface area contributed by atoms with E-state index in [-0.39, 0.29) is 0 Å². The summed E-state index contributed by atoms with van der Waals surface area (Å²) in [6, 6.07) is 2.32. The topological polar surface area (TPSA) is 54.7 Å². The maximum Gasteiger partial charge on any atom is 0.421 e. The molecular weight excluding hydrogens is 383 g/mol. The van der Waals surface area contributed by atoms with Crippen molar-refractivity contribution < 1.29 is 26.3 Å². The summed E-state index contributed by atoms with van der Waals surface area (Å²) in [5.74, 6) is -0.914. The first-order chi connectivity index (χ1) is 10.9. The number of halogens is 8. The average molecular weight is 388 g/mol. The molecule has 0 bridgehead atoms. The van der Waals surface area contributed by atoms with Crippen LogP contribution in [0.5, 0.6) is 0 Å². The Balaban J connectivity index is 2.76. The Labute approximate surface area is 140 Å². The first-order valence-electron chi connectivity index (χ1n) is 5.92. The normalized spacial score (nSPS) is 12.3. The zero-order valence-electron chi connectivity index (χ0n) is 11.2. The summed E-state index contributed by atoms with van der Waals surface area (Å²) >= 11 is 11.5. The third kappa shape index (κ3) is 3.12. The summed E-state index contributed by atoms with van der Waals surface area (Å²) in [6.45, 7) is 0. The molecule has 2 N–H and O–H groups in total. The summed E-state index contributed by atoms with van der Waals surface area (Å²) in [7, 11) is 0. The molecule has 11 heteroatoms. The molecule has 0 amide bonds. The monoisotopic (exact) mass is 387 g/mol. The fourth-order valence-electron chi connectivity index (χ4n) is 2.05. The van der Waals surface area contributed by atoms with Crippen LogP contribution in [0.4, 0.5) is 32.2 Å². The van der Waals surface area contributed by atoms with Crippen molar-refractivity contribution in [2.24, 2.45) is 0 Å².